The number of hydrogen-bond acceptors (Lipinski definition) is 5. The van der Waals surface area contributed by atoms with E-state index in [0.717, 1.165) is 16.8 Å². The van der Waals surface area contributed by atoms with Crippen LogP contribution in [-0.4, -0.2) is 28.5 Å². The van der Waals surface area contributed by atoms with Crippen molar-refractivity contribution in [1.29, 1.82) is 0 Å². The highest BCUT2D eigenvalue weighted by Gasteiger charge is 2.13. The number of hydroxylamine groups is 1. The van der Waals surface area contributed by atoms with Crippen molar-refractivity contribution in [1.82, 2.24) is 15.8 Å². The minimum atomic E-state index is -0.0533. The fourth-order valence-electron chi connectivity index (χ4n) is 1.82. The van der Waals surface area contributed by atoms with Crippen LogP contribution in [0, 0.1) is 0 Å². The van der Waals surface area contributed by atoms with Crippen molar-refractivity contribution in [2.24, 2.45) is 5.84 Å². The minimum absolute atomic E-state index is 0.0533. The Balaban J connectivity index is 2.12. The maximum absolute atomic E-state index is 11.0. The van der Waals surface area contributed by atoms with E-state index >= 15 is 0 Å². The largest absolute Gasteiger partial charge is 0.352 e. The molecule has 0 saturated carbocycles. The zero-order valence-corrected chi connectivity index (χ0v) is 13.9. The summed E-state index contributed by atoms with van der Waals surface area (Å²) in [6.07, 6.45) is 1.50. The number of nitrogens with two attached hydrogens (primary N) is 1. The molecule has 1 heterocycles. The first-order valence-electron chi connectivity index (χ1n) is 7.14. The molecule has 23 heavy (non-hydrogen) atoms. The Morgan fingerprint density at radius 1 is 1.52 bits per heavy atom. The third-order valence-corrected chi connectivity index (χ3v) is 3.75. The van der Waals surface area contributed by atoms with E-state index < -0.39 is 0 Å². The molecule has 4 N–H and O–H groups in total. The first-order valence-corrected chi connectivity index (χ1v) is 8.02. The van der Waals surface area contributed by atoms with E-state index in [9.17, 15) is 4.79 Å². The summed E-state index contributed by atoms with van der Waals surface area (Å²) in [5.41, 5.74) is 5.44. The van der Waals surface area contributed by atoms with E-state index in [4.69, 9.17) is 10.7 Å². The SMILES string of the molecule is CCONC=[N+](N)c1nc(-c2cccc(CNC(C)=O)c2)cs1. The molecule has 1 aromatic heterocycles. The fraction of sp³-hybridized carbons (Fsp3) is 0.267. The summed E-state index contributed by atoms with van der Waals surface area (Å²) in [5, 5.41) is 5.35. The zero-order valence-electron chi connectivity index (χ0n) is 13.1. The van der Waals surface area contributed by atoms with Crippen LogP contribution in [0.25, 0.3) is 11.3 Å². The molecule has 2 aromatic rings. The van der Waals surface area contributed by atoms with E-state index in [1.165, 1.54) is 29.3 Å². The van der Waals surface area contributed by atoms with Crippen LogP contribution in [0.5, 0.6) is 0 Å². The van der Waals surface area contributed by atoms with Crippen molar-refractivity contribution < 1.29 is 14.3 Å². The predicted molar refractivity (Wildman–Crippen MR) is 90.0 cm³/mol. The van der Waals surface area contributed by atoms with Gasteiger partial charge >= 0.3 is 5.13 Å². The van der Waals surface area contributed by atoms with E-state index in [-0.39, 0.29) is 5.91 Å². The van der Waals surface area contributed by atoms with Crippen LogP contribution in [0.3, 0.4) is 0 Å². The first-order chi connectivity index (χ1) is 11.1. The van der Waals surface area contributed by atoms with Crippen LogP contribution in [0.2, 0.25) is 0 Å². The Kier molecular flexibility index (Phi) is 6.07. The number of carbonyl (C=O) groups is 1. The van der Waals surface area contributed by atoms with Crippen LogP contribution < -0.4 is 16.6 Å². The molecule has 8 heteroatoms. The van der Waals surface area contributed by atoms with Gasteiger partial charge < -0.3 is 5.32 Å². The van der Waals surface area contributed by atoms with Crippen molar-refractivity contribution in [2.75, 3.05) is 6.61 Å². The Labute approximate surface area is 138 Å². The molecule has 0 atom stereocenters. The van der Waals surface area contributed by atoms with Gasteiger partial charge in [-0.05, 0) is 18.6 Å². The summed E-state index contributed by atoms with van der Waals surface area (Å²) in [6.45, 7) is 4.40. The maximum atomic E-state index is 11.0. The number of rotatable bonds is 7. The lowest BCUT2D eigenvalue weighted by Gasteiger charge is -2.03. The van der Waals surface area contributed by atoms with Crippen molar-refractivity contribution in [2.45, 2.75) is 20.4 Å². The number of aromatic nitrogens is 1. The molecule has 1 amide bonds. The molecule has 0 unspecified atom stereocenters. The van der Waals surface area contributed by atoms with E-state index in [2.05, 4.69) is 15.8 Å². The fourth-order valence-corrected chi connectivity index (χ4v) is 2.55. The molecular formula is C15H20N5O2S+. The molecule has 0 aliphatic carbocycles. The molecule has 0 saturated heterocycles. The van der Waals surface area contributed by atoms with Gasteiger partial charge in [-0.3, -0.25) is 10.6 Å². The van der Waals surface area contributed by atoms with Gasteiger partial charge in [0.1, 0.15) is 0 Å². The number of hydrogen-bond donors (Lipinski definition) is 3. The van der Waals surface area contributed by atoms with Gasteiger partial charge in [0.15, 0.2) is 5.69 Å². The number of nitrogens with one attached hydrogen (secondary N) is 2. The highest BCUT2D eigenvalue weighted by Crippen LogP contribution is 2.26. The molecule has 0 aliphatic heterocycles. The summed E-state index contributed by atoms with van der Waals surface area (Å²) < 4.78 is 1.37. The molecule has 122 valence electrons. The summed E-state index contributed by atoms with van der Waals surface area (Å²) >= 11 is 1.43. The van der Waals surface area contributed by atoms with E-state index in [0.29, 0.717) is 18.3 Å². The molecule has 1 aromatic carbocycles. The average molecular weight is 334 g/mol. The van der Waals surface area contributed by atoms with Gasteiger partial charge in [-0.2, -0.15) is 5.48 Å². The van der Waals surface area contributed by atoms with Gasteiger partial charge in [0.05, 0.1) is 6.61 Å². The summed E-state index contributed by atoms with van der Waals surface area (Å²) in [7, 11) is 0. The number of nitrogens with zero attached hydrogens (tertiary/aromatic N) is 2. The van der Waals surface area contributed by atoms with Crippen LogP contribution >= 0.6 is 11.3 Å². The standard InChI is InChI=1S/C15H19N5O2S/c1-3-22-18-10-20(16)15-19-14(9-23-15)13-6-4-5-12(7-13)8-17-11(2)21/h4-7,9-10H,3,8,16H2,1-2H3,(H,17,21)/p+1. The lowest BCUT2D eigenvalue weighted by atomic mass is 10.1. The van der Waals surface area contributed by atoms with Gasteiger partial charge in [-0.1, -0.05) is 34.5 Å². The van der Waals surface area contributed by atoms with Crippen LogP contribution in [-0.2, 0) is 16.2 Å². The third kappa shape index (κ3) is 5.04. The Hall–Kier alpha value is -2.45. The van der Waals surface area contributed by atoms with Crippen LogP contribution in [0.15, 0.2) is 29.6 Å². The van der Waals surface area contributed by atoms with Gasteiger partial charge in [-0.15, -0.1) is 4.68 Å². The first kappa shape index (κ1) is 16.9. The van der Waals surface area contributed by atoms with E-state index in [1.807, 2.05) is 36.6 Å². The highest BCUT2D eigenvalue weighted by atomic mass is 32.1. The quantitative estimate of drug-likeness (QED) is 0.178. The molecule has 0 bridgehead atoms. The van der Waals surface area contributed by atoms with Gasteiger partial charge in [0, 0.05) is 24.4 Å². The second kappa shape index (κ2) is 8.25. The summed E-state index contributed by atoms with van der Waals surface area (Å²) in [6, 6.07) is 7.87. The monoisotopic (exact) mass is 334 g/mol. The van der Waals surface area contributed by atoms with Gasteiger partial charge in [-0.25, -0.2) is 4.84 Å². The van der Waals surface area contributed by atoms with Crippen molar-refractivity contribution in [3.63, 3.8) is 0 Å². The lowest BCUT2D eigenvalue weighted by molar-refractivity contribution is -0.451. The smallest absolute Gasteiger partial charge is 0.343 e. The predicted octanol–water partition coefficient (Wildman–Crippen LogP) is 1.53. The maximum Gasteiger partial charge on any atom is 0.343 e. The number of hydrazone groups is 1. The summed E-state index contributed by atoms with van der Waals surface area (Å²) in [4.78, 5) is 20.5. The number of thiazole rings is 1. The number of benzene rings is 1. The molecular weight excluding hydrogens is 314 g/mol. The Morgan fingerprint density at radius 3 is 3.09 bits per heavy atom. The molecule has 2 rings (SSSR count). The van der Waals surface area contributed by atoms with Crippen LogP contribution in [0.4, 0.5) is 5.13 Å². The number of carbonyl (C=O) groups excluding carboxylic acids is 1. The average Bonchev–Trinajstić information content (AvgIpc) is 3.03. The second-order valence-corrected chi connectivity index (χ2v) is 5.55. The minimum Gasteiger partial charge on any atom is -0.352 e. The molecule has 7 nitrogen and oxygen atoms in total. The normalized spacial score (nSPS) is 11.3. The lowest BCUT2D eigenvalue weighted by Crippen LogP contribution is -2.24. The van der Waals surface area contributed by atoms with Crippen molar-refractivity contribution in [3.05, 3.63) is 35.2 Å². The van der Waals surface area contributed by atoms with Gasteiger partial charge in [0.2, 0.25) is 12.2 Å². The summed E-state index contributed by atoms with van der Waals surface area (Å²) in [5.74, 6) is 5.82. The molecule has 0 spiro atoms. The molecule has 0 fully saturated rings. The van der Waals surface area contributed by atoms with Crippen molar-refractivity contribution >= 4 is 28.7 Å². The Morgan fingerprint density at radius 2 is 2.35 bits per heavy atom. The highest BCUT2D eigenvalue weighted by molar-refractivity contribution is 7.13. The molecule has 0 aliphatic rings. The van der Waals surface area contributed by atoms with Crippen LogP contribution in [0.1, 0.15) is 19.4 Å². The number of hydrazine groups is 1. The Bertz CT molecular complexity index is 699. The second-order valence-electron chi connectivity index (χ2n) is 4.71. The molecule has 0 radical (unpaired) electrons. The van der Waals surface area contributed by atoms with E-state index in [1.54, 1.807) is 0 Å². The van der Waals surface area contributed by atoms with Crippen molar-refractivity contribution in [3.8, 4) is 11.3 Å². The van der Waals surface area contributed by atoms with Gasteiger partial charge in [0.25, 0.3) is 0 Å². The zero-order chi connectivity index (χ0) is 16.7. The third-order valence-electron chi connectivity index (χ3n) is 2.90. The number of amides is 1. The topological polar surface area (TPSA) is 92.3 Å².